The summed E-state index contributed by atoms with van der Waals surface area (Å²) in [5, 5.41) is 4.88. The molecule has 0 aliphatic carbocycles. The summed E-state index contributed by atoms with van der Waals surface area (Å²) in [7, 11) is 0. The van der Waals surface area contributed by atoms with Gasteiger partial charge in [-0.25, -0.2) is 0 Å². The summed E-state index contributed by atoms with van der Waals surface area (Å²) in [6.45, 7) is 2.73. The Kier molecular flexibility index (Phi) is 3.76. The van der Waals surface area contributed by atoms with E-state index < -0.39 is 6.10 Å². The molecule has 5 nitrogen and oxygen atoms in total. The third-order valence-corrected chi connectivity index (χ3v) is 5.66. The second-order valence-corrected chi connectivity index (χ2v) is 7.11. The first-order valence-electron chi connectivity index (χ1n) is 8.06. The fraction of sp³-hybridized carbons (Fsp3) is 0.333. The molecule has 0 saturated heterocycles. The molecular weight excluding hydrogens is 324 g/mol. The van der Waals surface area contributed by atoms with Crippen LogP contribution in [-0.2, 0) is 16.0 Å². The van der Waals surface area contributed by atoms with Crippen molar-refractivity contribution >= 4 is 28.8 Å². The van der Waals surface area contributed by atoms with Gasteiger partial charge in [0, 0.05) is 11.4 Å². The third kappa shape index (κ3) is 2.57. The van der Waals surface area contributed by atoms with Gasteiger partial charge in [0.1, 0.15) is 5.75 Å². The lowest BCUT2D eigenvalue weighted by Gasteiger charge is -2.35. The SMILES string of the molecule is C[C@H]1c2ccsc2CCN1C(=O)C[C@H]1Oc2ccccc2NC1=O. The van der Waals surface area contributed by atoms with Crippen LogP contribution in [0.25, 0.3) is 0 Å². The van der Waals surface area contributed by atoms with Gasteiger partial charge in [0.05, 0.1) is 18.2 Å². The smallest absolute Gasteiger partial charge is 0.266 e. The number of para-hydroxylation sites is 2. The average Bonchev–Trinajstić information content (AvgIpc) is 3.05. The molecule has 2 aromatic rings. The van der Waals surface area contributed by atoms with Gasteiger partial charge < -0.3 is 15.0 Å². The number of nitrogens with zero attached hydrogens (tertiary/aromatic N) is 1. The highest BCUT2D eigenvalue weighted by Gasteiger charge is 2.34. The van der Waals surface area contributed by atoms with E-state index >= 15 is 0 Å². The molecule has 6 heteroatoms. The van der Waals surface area contributed by atoms with Crippen molar-refractivity contribution in [2.45, 2.75) is 31.9 Å². The first kappa shape index (κ1) is 15.2. The molecule has 124 valence electrons. The summed E-state index contributed by atoms with van der Waals surface area (Å²) in [4.78, 5) is 28.2. The number of anilines is 1. The number of fused-ring (bicyclic) bond motifs is 2. The maximum absolute atomic E-state index is 12.7. The van der Waals surface area contributed by atoms with Crippen LogP contribution in [0.3, 0.4) is 0 Å². The van der Waals surface area contributed by atoms with Crippen molar-refractivity contribution in [3.05, 3.63) is 46.2 Å². The van der Waals surface area contributed by atoms with E-state index in [2.05, 4.69) is 16.8 Å². The van der Waals surface area contributed by atoms with Gasteiger partial charge in [-0.05, 0) is 42.5 Å². The molecule has 3 heterocycles. The first-order chi connectivity index (χ1) is 11.6. The number of amides is 2. The van der Waals surface area contributed by atoms with Gasteiger partial charge in [-0.1, -0.05) is 12.1 Å². The Morgan fingerprint density at radius 2 is 2.21 bits per heavy atom. The number of hydrogen-bond donors (Lipinski definition) is 1. The molecule has 0 unspecified atom stereocenters. The van der Waals surface area contributed by atoms with Crippen molar-refractivity contribution in [1.82, 2.24) is 4.90 Å². The lowest BCUT2D eigenvalue weighted by atomic mass is 10.0. The van der Waals surface area contributed by atoms with Crippen molar-refractivity contribution in [2.24, 2.45) is 0 Å². The van der Waals surface area contributed by atoms with Crippen molar-refractivity contribution in [2.75, 3.05) is 11.9 Å². The predicted molar refractivity (Wildman–Crippen MR) is 92.3 cm³/mol. The van der Waals surface area contributed by atoms with Crippen molar-refractivity contribution in [3.8, 4) is 5.75 Å². The second-order valence-electron chi connectivity index (χ2n) is 6.11. The van der Waals surface area contributed by atoms with Gasteiger partial charge in [0.25, 0.3) is 5.91 Å². The van der Waals surface area contributed by atoms with Gasteiger partial charge in [0.15, 0.2) is 6.10 Å². The second kappa shape index (κ2) is 5.94. The highest BCUT2D eigenvalue weighted by atomic mass is 32.1. The molecule has 1 N–H and O–H groups in total. The van der Waals surface area contributed by atoms with Crippen molar-refractivity contribution in [1.29, 1.82) is 0 Å². The van der Waals surface area contributed by atoms with E-state index in [-0.39, 0.29) is 24.3 Å². The van der Waals surface area contributed by atoms with E-state index in [4.69, 9.17) is 4.74 Å². The molecule has 0 fully saturated rings. The van der Waals surface area contributed by atoms with Crippen LogP contribution in [0.1, 0.15) is 29.8 Å². The zero-order valence-corrected chi connectivity index (χ0v) is 14.1. The largest absolute Gasteiger partial charge is 0.478 e. The predicted octanol–water partition coefficient (Wildman–Crippen LogP) is 2.98. The zero-order valence-electron chi connectivity index (χ0n) is 13.3. The molecule has 4 rings (SSSR count). The average molecular weight is 342 g/mol. The Hall–Kier alpha value is -2.34. The summed E-state index contributed by atoms with van der Waals surface area (Å²) >= 11 is 1.74. The molecule has 2 aliphatic heterocycles. The number of nitrogens with one attached hydrogen (secondary N) is 1. The molecule has 1 aromatic carbocycles. The van der Waals surface area contributed by atoms with Gasteiger partial charge >= 0.3 is 0 Å². The van der Waals surface area contributed by atoms with E-state index in [0.29, 0.717) is 18.0 Å². The molecule has 0 spiro atoms. The number of ether oxygens (including phenoxy) is 1. The maximum atomic E-state index is 12.7. The lowest BCUT2D eigenvalue weighted by Crippen LogP contribution is -2.44. The Morgan fingerprint density at radius 1 is 1.38 bits per heavy atom. The molecule has 24 heavy (non-hydrogen) atoms. The monoisotopic (exact) mass is 342 g/mol. The van der Waals surface area contributed by atoms with E-state index in [0.717, 1.165) is 6.42 Å². The summed E-state index contributed by atoms with van der Waals surface area (Å²) in [5.41, 5.74) is 1.87. The van der Waals surface area contributed by atoms with Gasteiger partial charge in [0.2, 0.25) is 5.91 Å². The van der Waals surface area contributed by atoms with Gasteiger partial charge in [-0.3, -0.25) is 9.59 Å². The Morgan fingerprint density at radius 3 is 3.08 bits per heavy atom. The Labute approximate surface area is 144 Å². The highest BCUT2D eigenvalue weighted by Crippen LogP contribution is 2.34. The molecule has 0 radical (unpaired) electrons. The van der Waals surface area contributed by atoms with Crippen molar-refractivity contribution in [3.63, 3.8) is 0 Å². The minimum absolute atomic E-state index is 0.0427. The number of thiophene rings is 1. The minimum atomic E-state index is -0.775. The number of carbonyl (C=O) groups excluding carboxylic acids is 2. The van der Waals surface area contributed by atoms with E-state index in [1.54, 1.807) is 23.5 Å². The van der Waals surface area contributed by atoms with Gasteiger partial charge in [-0.15, -0.1) is 11.3 Å². The van der Waals surface area contributed by atoms with Crippen LogP contribution in [0, 0.1) is 0 Å². The summed E-state index contributed by atoms with van der Waals surface area (Å²) < 4.78 is 5.74. The van der Waals surface area contributed by atoms with E-state index in [1.807, 2.05) is 24.0 Å². The van der Waals surface area contributed by atoms with Crippen molar-refractivity contribution < 1.29 is 14.3 Å². The topological polar surface area (TPSA) is 58.6 Å². The Balaban J connectivity index is 1.48. The number of hydrogen-bond acceptors (Lipinski definition) is 4. The van der Waals surface area contributed by atoms with E-state index in [1.165, 1.54) is 10.4 Å². The quantitative estimate of drug-likeness (QED) is 0.913. The number of rotatable bonds is 2. The zero-order chi connectivity index (χ0) is 16.7. The first-order valence-corrected chi connectivity index (χ1v) is 8.94. The fourth-order valence-corrected chi connectivity index (χ4v) is 4.32. The van der Waals surface area contributed by atoms with Crippen LogP contribution >= 0.6 is 11.3 Å². The Bertz CT molecular complexity index is 801. The normalized spacial score (nSPS) is 22.2. The van der Waals surface area contributed by atoms with Crippen LogP contribution in [0.4, 0.5) is 5.69 Å². The molecule has 2 amide bonds. The molecular formula is C18H18N2O3S. The fourth-order valence-electron chi connectivity index (χ4n) is 3.35. The standard InChI is InChI=1S/C18H18N2O3S/c1-11-12-7-9-24-16(12)6-8-20(11)17(21)10-15-18(22)19-13-4-2-3-5-14(13)23-15/h2-5,7,9,11,15H,6,8,10H2,1H3,(H,19,22)/t11-,15+/m0/s1. The summed E-state index contributed by atoms with van der Waals surface area (Å²) in [5.74, 6) is 0.309. The maximum Gasteiger partial charge on any atom is 0.266 e. The highest BCUT2D eigenvalue weighted by molar-refractivity contribution is 7.10. The molecule has 0 saturated carbocycles. The lowest BCUT2D eigenvalue weighted by molar-refractivity contribution is -0.139. The third-order valence-electron chi connectivity index (χ3n) is 4.66. The molecule has 1 aromatic heterocycles. The molecule has 2 atom stereocenters. The number of benzene rings is 1. The van der Waals surface area contributed by atoms with Crippen LogP contribution in [-0.4, -0.2) is 29.4 Å². The summed E-state index contributed by atoms with van der Waals surface area (Å²) in [6, 6.07) is 9.40. The number of carbonyl (C=O) groups is 2. The molecule has 0 bridgehead atoms. The van der Waals surface area contributed by atoms with E-state index in [9.17, 15) is 9.59 Å². The van der Waals surface area contributed by atoms with Crippen LogP contribution < -0.4 is 10.1 Å². The minimum Gasteiger partial charge on any atom is -0.478 e. The van der Waals surface area contributed by atoms with Crippen LogP contribution in [0.5, 0.6) is 5.75 Å². The summed E-state index contributed by atoms with van der Waals surface area (Å²) in [6.07, 6.45) is 0.164. The van der Waals surface area contributed by atoms with Gasteiger partial charge in [-0.2, -0.15) is 0 Å². The van der Waals surface area contributed by atoms with Crippen LogP contribution in [0.15, 0.2) is 35.7 Å². The molecule has 2 aliphatic rings. The van der Waals surface area contributed by atoms with Crippen LogP contribution in [0.2, 0.25) is 0 Å².